The molecule has 1 aliphatic heterocycles. The number of aliphatic hydroxyl groups is 6. The van der Waals surface area contributed by atoms with Crippen LogP contribution in [-0.2, 0) is 20.9 Å². The van der Waals surface area contributed by atoms with Crippen LogP contribution in [0.2, 0.25) is 0 Å². The third kappa shape index (κ3) is 11.9. The van der Waals surface area contributed by atoms with Crippen LogP contribution in [-0.4, -0.2) is 118 Å². The summed E-state index contributed by atoms with van der Waals surface area (Å²) in [6.07, 6.45) is 2.14. The van der Waals surface area contributed by atoms with E-state index < -0.39 is 55.4 Å². The monoisotopic (exact) mass is 591 g/mol. The van der Waals surface area contributed by atoms with Crippen LogP contribution in [0.15, 0.2) is 6.20 Å². The Morgan fingerprint density at radius 3 is 2.35 bits per heavy atom. The molecular weight excluding hydrogens is 546 g/mol. The van der Waals surface area contributed by atoms with Gasteiger partial charge in [-0.3, -0.25) is 9.59 Å². The van der Waals surface area contributed by atoms with Gasteiger partial charge in [0.05, 0.1) is 25.5 Å². The molecule has 40 heavy (non-hydrogen) atoms. The Hall–Kier alpha value is -1.85. The number of hydrogen-bond acceptors (Lipinski definition) is 12. The molecule has 2 unspecified atom stereocenters. The van der Waals surface area contributed by atoms with E-state index in [0.29, 0.717) is 6.42 Å². The molecule has 0 radical (unpaired) electrons. The van der Waals surface area contributed by atoms with Crippen molar-refractivity contribution in [3.8, 4) is 0 Å². The Balaban J connectivity index is 1.86. The van der Waals surface area contributed by atoms with Gasteiger partial charge in [0, 0.05) is 17.9 Å². The maximum Gasteiger partial charge on any atom is 0.249 e. The topological polar surface area (TPSA) is 220 Å². The molecule has 0 spiro atoms. The standard InChI is InChI=1S/C25H45N5O9S/c1-2-3-4-5-6-7-8-9-10-20(34)26-17(15-40-14-16(32)13-31)24(37)27-19-12-30(29-28-19)11-18(33)23-21(35)22(36)25(38)39-23/h12,16-18,21-23,25,31-33,35-36,38H,2-11,13-15H2,1H3,(H,26,34)(H,27,37)/t16-,17-,18+,21+,22+,23?,25?/m1/s1. The molecule has 1 aromatic heterocycles. The second-order valence-corrected chi connectivity index (χ2v) is 11.1. The molecule has 2 amide bonds. The zero-order valence-electron chi connectivity index (χ0n) is 23.0. The number of aliphatic hydroxyl groups excluding tert-OH is 6. The number of thioether (sulfide) groups is 1. The number of aromatic nitrogens is 3. The van der Waals surface area contributed by atoms with E-state index in [-0.39, 0.29) is 36.2 Å². The lowest BCUT2D eigenvalue weighted by atomic mass is 10.1. The van der Waals surface area contributed by atoms with Gasteiger partial charge in [-0.15, -0.1) is 5.10 Å². The largest absolute Gasteiger partial charge is 0.394 e. The molecule has 0 aromatic carbocycles. The van der Waals surface area contributed by atoms with Crippen LogP contribution in [0.25, 0.3) is 0 Å². The Kier molecular flexibility index (Phi) is 15.9. The molecule has 230 valence electrons. The molecule has 0 saturated carbocycles. The molecule has 15 heteroatoms. The van der Waals surface area contributed by atoms with Crippen LogP contribution in [0.4, 0.5) is 5.82 Å². The van der Waals surface area contributed by atoms with E-state index in [9.17, 15) is 35.1 Å². The molecule has 1 saturated heterocycles. The minimum atomic E-state index is -1.63. The quantitative estimate of drug-likeness (QED) is 0.0867. The van der Waals surface area contributed by atoms with Crippen LogP contribution >= 0.6 is 11.8 Å². The van der Waals surface area contributed by atoms with Crippen molar-refractivity contribution in [3.05, 3.63) is 6.20 Å². The van der Waals surface area contributed by atoms with Crippen molar-refractivity contribution in [3.63, 3.8) is 0 Å². The fourth-order valence-corrected chi connectivity index (χ4v) is 5.18. The molecule has 0 aliphatic carbocycles. The highest BCUT2D eigenvalue weighted by Gasteiger charge is 2.45. The van der Waals surface area contributed by atoms with E-state index in [1.54, 1.807) is 0 Å². The SMILES string of the molecule is CCCCCCCCCCC(=O)N[C@H](CSC[C@H](O)CO)C(=O)Nc1cn(C[C@H](O)C2OC(O)[C@@H](O)[C@@H]2O)nn1. The third-order valence-electron chi connectivity index (χ3n) is 6.53. The highest BCUT2D eigenvalue weighted by Crippen LogP contribution is 2.23. The summed E-state index contributed by atoms with van der Waals surface area (Å²) in [4.78, 5) is 25.5. The van der Waals surface area contributed by atoms with Crippen molar-refractivity contribution >= 4 is 29.4 Å². The van der Waals surface area contributed by atoms with Gasteiger partial charge in [-0.1, -0.05) is 57.1 Å². The van der Waals surface area contributed by atoms with Crippen molar-refractivity contribution < 1.29 is 45.0 Å². The minimum absolute atomic E-state index is 0.0490. The predicted molar refractivity (Wildman–Crippen MR) is 147 cm³/mol. The summed E-state index contributed by atoms with van der Waals surface area (Å²) >= 11 is 1.21. The van der Waals surface area contributed by atoms with Crippen LogP contribution in [0.3, 0.4) is 0 Å². The molecule has 2 rings (SSSR count). The summed E-state index contributed by atoms with van der Waals surface area (Å²) in [5, 5.41) is 71.0. The van der Waals surface area contributed by atoms with Gasteiger partial charge in [0.15, 0.2) is 12.1 Å². The van der Waals surface area contributed by atoms with Gasteiger partial charge in [-0.25, -0.2) is 4.68 Å². The van der Waals surface area contributed by atoms with Gasteiger partial charge >= 0.3 is 0 Å². The predicted octanol–water partition coefficient (Wildman–Crippen LogP) is -0.881. The van der Waals surface area contributed by atoms with E-state index in [1.807, 2.05) is 0 Å². The van der Waals surface area contributed by atoms with Crippen LogP contribution in [0, 0.1) is 0 Å². The highest BCUT2D eigenvalue weighted by molar-refractivity contribution is 7.99. The van der Waals surface area contributed by atoms with E-state index in [0.717, 1.165) is 19.3 Å². The Bertz CT molecular complexity index is 879. The zero-order valence-corrected chi connectivity index (χ0v) is 23.8. The number of carbonyl (C=O) groups is 2. The summed E-state index contributed by atoms with van der Waals surface area (Å²) in [7, 11) is 0. The van der Waals surface area contributed by atoms with Crippen LogP contribution in [0.5, 0.6) is 0 Å². The summed E-state index contributed by atoms with van der Waals surface area (Å²) in [6, 6.07) is -0.932. The third-order valence-corrected chi connectivity index (χ3v) is 7.72. The van der Waals surface area contributed by atoms with Gasteiger partial charge in [0.25, 0.3) is 0 Å². The number of hydrogen-bond donors (Lipinski definition) is 8. The molecule has 2 heterocycles. The molecule has 1 fully saturated rings. The lowest BCUT2D eigenvalue weighted by Gasteiger charge is -2.20. The Labute approximate surface area is 238 Å². The average molecular weight is 592 g/mol. The van der Waals surface area contributed by atoms with E-state index in [2.05, 4.69) is 27.9 Å². The normalized spacial score (nSPS) is 23.1. The van der Waals surface area contributed by atoms with Gasteiger partial charge in [0.1, 0.15) is 30.5 Å². The number of rotatable bonds is 20. The molecule has 0 bridgehead atoms. The van der Waals surface area contributed by atoms with E-state index >= 15 is 0 Å². The highest BCUT2D eigenvalue weighted by atomic mass is 32.2. The first-order valence-corrected chi connectivity index (χ1v) is 15.1. The second-order valence-electron chi connectivity index (χ2n) is 10.1. The van der Waals surface area contributed by atoms with Gasteiger partial charge in [-0.2, -0.15) is 11.8 Å². The number of carbonyl (C=O) groups excluding carboxylic acids is 2. The lowest BCUT2D eigenvalue weighted by Crippen LogP contribution is -2.45. The Morgan fingerprint density at radius 1 is 1.05 bits per heavy atom. The molecule has 14 nitrogen and oxygen atoms in total. The summed E-state index contributed by atoms with van der Waals surface area (Å²) in [6.45, 7) is 1.55. The molecule has 1 aromatic rings. The molecule has 8 N–H and O–H groups in total. The molecule has 1 aliphatic rings. The second kappa shape index (κ2) is 18.6. The number of amides is 2. The van der Waals surface area contributed by atoms with Gasteiger partial charge in [0.2, 0.25) is 11.8 Å². The smallest absolute Gasteiger partial charge is 0.249 e. The van der Waals surface area contributed by atoms with Crippen LogP contribution in [0.1, 0.15) is 64.7 Å². The van der Waals surface area contributed by atoms with Crippen molar-refractivity contribution in [2.24, 2.45) is 0 Å². The van der Waals surface area contributed by atoms with Gasteiger partial charge < -0.3 is 46.0 Å². The zero-order chi connectivity index (χ0) is 29.5. The number of anilines is 1. The van der Waals surface area contributed by atoms with Crippen molar-refractivity contribution in [2.45, 2.75) is 114 Å². The van der Waals surface area contributed by atoms with E-state index in [1.165, 1.54) is 48.3 Å². The maximum atomic E-state index is 13.0. The molecule has 7 atom stereocenters. The summed E-state index contributed by atoms with van der Waals surface area (Å²) < 4.78 is 6.17. The van der Waals surface area contributed by atoms with Gasteiger partial charge in [-0.05, 0) is 6.42 Å². The number of ether oxygens (including phenoxy) is 1. The Morgan fingerprint density at radius 2 is 1.73 bits per heavy atom. The number of unbranched alkanes of at least 4 members (excludes halogenated alkanes) is 7. The first kappa shape index (κ1) is 34.4. The molecular formula is C25H45N5O9S. The lowest BCUT2D eigenvalue weighted by molar-refractivity contribution is -0.147. The maximum absolute atomic E-state index is 13.0. The van der Waals surface area contributed by atoms with Crippen LogP contribution < -0.4 is 10.6 Å². The summed E-state index contributed by atoms with van der Waals surface area (Å²) in [5.41, 5.74) is 0. The average Bonchev–Trinajstić information content (AvgIpc) is 3.47. The minimum Gasteiger partial charge on any atom is -0.394 e. The van der Waals surface area contributed by atoms with Crippen molar-refractivity contribution in [2.75, 3.05) is 23.4 Å². The summed E-state index contributed by atoms with van der Waals surface area (Å²) in [5.74, 6) is -0.432. The van der Waals surface area contributed by atoms with Crippen molar-refractivity contribution in [1.82, 2.24) is 20.3 Å². The van der Waals surface area contributed by atoms with E-state index in [4.69, 9.17) is 9.84 Å². The fourth-order valence-electron chi connectivity index (χ4n) is 4.20. The first-order chi connectivity index (χ1) is 19.2. The first-order valence-electron chi connectivity index (χ1n) is 13.9. The number of nitrogens with one attached hydrogen (secondary N) is 2. The number of nitrogens with zero attached hydrogens (tertiary/aromatic N) is 3. The van der Waals surface area contributed by atoms with Crippen molar-refractivity contribution in [1.29, 1.82) is 0 Å². The fraction of sp³-hybridized carbons (Fsp3) is 0.840.